The molecule has 8 heteroatoms. The highest BCUT2D eigenvalue weighted by atomic mass is 16.5. The van der Waals surface area contributed by atoms with Gasteiger partial charge in [-0.25, -0.2) is 4.79 Å². The summed E-state index contributed by atoms with van der Waals surface area (Å²) in [6.45, 7) is 1.68. The molecule has 3 rings (SSSR count). The zero-order valence-electron chi connectivity index (χ0n) is 17.9. The molecule has 0 bridgehead atoms. The van der Waals surface area contributed by atoms with Crippen LogP contribution in [-0.4, -0.2) is 55.6 Å². The second-order valence-electron chi connectivity index (χ2n) is 7.55. The van der Waals surface area contributed by atoms with Crippen molar-refractivity contribution in [2.75, 3.05) is 27.3 Å². The second-order valence-corrected chi connectivity index (χ2v) is 7.55. The van der Waals surface area contributed by atoms with Crippen molar-refractivity contribution in [3.63, 3.8) is 0 Å². The van der Waals surface area contributed by atoms with Crippen LogP contribution in [0.3, 0.4) is 0 Å². The molecule has 4 amide bonds. The van der Waals surface area contributed by atoms with Gasteiger partial charge in [0.2, 0.25) is 5.91 Å². The summed E-state index contributed by atoms with van der Waals surface area (Å²) in [6.07, 6.45) is 0.828. The summed E-state index contributed by atoms with van der Waals surface area (Å²) < 4.78 is 10.6. The summed E-state index contributed by atoms with van der Waals surface area (Å²) >= 11 is 0. The number of nitrogens with one attached hydrogen (secondary N) is 2. The van der Waals surface area contributed by atoms with Gasteiger partial charge in [-0.15, -0.1) is 0 Å². The van der Waals surface area contributed by atoms with Crippen LogP contribution in [0.5, 0.6) is 11.5 Å². The number of methoxy groups -OCH3 is 2. The van der Waals surface area contributed by atoms with E-state index in [1.54, 1.807) is 27.2 Å². The van der Waals surface area contributed by atoms with Gasteiger partial charge in [0, 0.05) is 13.0 Å². The van der Waals surface area contributed by atoms with E-state index < -0.39 is 23.4 Å². The zero-order chi connectivity index (χ0) is 22.4. The predicted molar refractivity (Wildman–Crippen MR) is 115 cm³/mol. The van der Waals surface area contributed by atoms with Crippen molar-refractivity contribution < 1.29 is 23.9 Å². The van der Waals surface area contributed by atoms with Crippen LogP contribution in [0.15, 0.2) is 48.5 Å². The topological polar surface area (TPSA) is 97.0 Å². The van der Waals surface area contributed by atoms with Crippen molar-refractivity contribution in [1.82, 2.24) is 15.5 Å². The van der Waals surface area contributed by atoms with Crippen LogP contribution in [0.25, 0.3) is 0 Å². The fourth-order valence-corrected chi connectivity index (χ4v) is 3.69. The standard InChI is InChI=1S/C23H27N3O5/c1-23(14-17-9-5-7-11-19(17)31-3)21(28)26(22(29)25-23)15-20(27)24-13-12-16-8-4-6-10-18(16)30-2/h4-11H,12-15H2,1-3H3,(H,24,27)(H,25,29)/t23-/m1/s1. The minimum absolute atomic E-state index is 0.257. The fraction of sp³-hybridized carbons (Fsp3) is 0.348. The number of ether oxygens (including phenoxy) is 2. The molecule has 0 aliphatic carbocycles. The van der Waals surface area contributed by atoms with E-state index in [-0.39, 0.29) is 13.0 Å². The summed E-state index contributed by atoms with van der Waals surface area (Å²) in [7, 11) is 3.15. The van der Waals surface area contributed by atoms with Crippen molar-refractivity contribution in [3.8, 4) is 11.5 Å². The normalized spacial score (nSPS) is 18.0. The Morgan fingerprint density at radius 3 is 2.23 bits per heavy atom. The largest absolute Gasteiger partial charge is 0.496 e. The number of carbonyl (C=O) groups is 3. The molecule has 0 spiro atoms. The molecule has 1 aliphatic rings. The van der Waals surface area contributed by atoms with Crippen molar-refractivity contribution in [3.05, 3.63) is 59.7 Å². The molecule has 0 unspecified atom stereocenters. The zero-order valence-corrected chi connectivity index (χ0v) is 17.9. The molecule has 2 aromatic carbocycles. The van der Waals surface area contributed by atoms with E-state index in [0.29, 0.717) is 18.7 Å². The maximum absolute atomic E-state index is 13.0. The molecule has 2 aromatic rings. The molecule has 0 radical (unpaired) electrons. The first-order valence-corrected chi connectivity index (χ1v) is 10.0. The maximum Gasteiger partial charge on any atom is 0.325 e. The number of para-hydroxylation sites is 2. The molecule has 0 saturated carbocycles. The summed E-state index contributed by atoms with van der Waals surface area (Å²) in [5, 5.41) is 5.48. The van der Waals surface area contributed by atoms with Gasteiger partial charge in [0.15, 0.2) is 0 Å². The highest BCUT2D eigenvalue weighted by molar-refractivity contribution is 6.09. The molecule has 1 aliphatic heterocycles. The number of rotatable bonds is 9. The molecule has 1 atom stereocenters. The third-order valence-corrected chi connectivity index (χ3v) is 5.29. The van der Waals surface area contributed by atoms with Gasteiger partial charge in [0.25, 0.3) is 5.91 Å². The van der Waals surface area contributed by atoms with Gasteiger partial charge >= 0.3 is 6.03 Å². The van der Waals surface area contributed by atoms with Crippen LogP contribution in [0, 0.1) is 0 Å². The minimum atomic E-state index is -1.15. The van der Waals surface area contributed by atoms with Gasteiger partial charge in [0.05, 0.1) is 14.2 Å². The van der Waals surface area contributed by atoms with E-state index in [4.69, 9.17) is 9.47 Å². The lowest BCUT2D eigenvalue weighted by molar-refractivity contribution is -0.134. The monoisotopic (exact) mass is 425 g/mol. The van der Waals surface area contributed by atoms with Crippen LogP contribution in [0.2, 0.25) is 0 Å². The van der Waals surface area contributed by atoms with Crippen molar-refractivity contribution >= 4 is 17.8 Å². The quantitative estimate of drug-likeness (QED) is 0.599. The summed E-state index contributed by atoms with van der Waals surface area (Å²) in [4.78, 5) is 38.7. The number of imide groups is 1. The average molecular weight is 425 g/mol. The summed E-state index contributed by atoms with van der Waals surface area (Å²) in [5.74, 6) is 0.541. The third kappa shape index (κ3) is 4.96. The molecular weight excluding hydrogens is 398 g/mol. The van der Waals surface area contributed by atoms with Crippen LogP contribution in [0.4, 0.5) is 4.79 Å². The predicted octanol–water partition coefficient (Wildman–Crippen LogP) is 1.92. The molecule has 1 heterocycles. The minimum Gasteiger partial charge on any atom is -0.496 e. The van der Waals surface area contributed by atoms with E-state index in [9.17, 15) is 14.4 Å². The fourth-order valence-electron chi connectivity index (χ4n) is 3.69. The Morgan fingerprint density at radius 1 is 1.00 bits per heavy atom. The van der Waals surface area contributed by atoms with Crippen molar-refractivity contribution in [2.24, 2.45) is 0 Å². The Hall–Kier alpha value is -3.55. The lowest BCUT2D eigenvalue weighted by Crippen LogP contribution is -2.47. The molecule has 8 nitrogen and oxygen atoms in total. The van der Waals surface area contributed by atoms with Gasteiger partial charge < -0.3 is 20.1 Å². The van der Waals surface area contributed by atoms with Gasteiger partial charge in [-0.2, -0.15) is 0 Å². The van der Waals surface area contributed by atoms with Crippen LogP contribution in [0.1, 0.15) is 18.1 Å². The van der Waals surface area contributed by atoms with Crippen LogP contribution in [-0.2, 0) is 22.4 Å². The lowest BCUT2D eigenvalue weighted by Gasteiger charge is -2.22. The highest BCUT2D eigenvalue weighted by Crippen LogP contribution is 2.27. The Labute approximate surface area is 181 Å². The molecule has 1 fully saturated rings. The first-order valence-electron chi connectivity index (χ1n) is 10.0. The SMILES string of the molecule is COc1ccccc1CCNC(=O)CN1C(=O)N[C@](C)(Cc2ccccc2OC)C1=O. The number of urea groups is 1. The number of benzene rings is 2. The molecule has 1 saturated heterocycles. The van der Waals surface area contributed by atoms with Crippen LogP contribution < -0.4 is 20.1 Å². The van der Waals surface area contributed by atoms with E-state index in [1.807, 2.05) is 42.5 Å². The molecule has 164 valence electrons. The second kappa shape index (κ2) is 9.51. The maximum atomic E-state index is 13.0. The van der Waals surface area contributed by atoms with E-state index in [2.05, 4.69) is 10.6 Å². The Morgan fingerprint density at radius 2 is 1.58 bits per heavy atom. The number of nitrogens with zero attached hydrogens (tertiary/aromatic N) is 1. The number of hydrogen-bond donors (Lipinski definition) is 2. The number of carbonyl (C=O) groups excluding carboxylic acids is 3. The average Bonchev–Trinajstić information content (AvgIpc) is 2.97. The Bertz CT molecular complexity index is 977. The van der Waals surface area contributed by atoms with Gasteiger partial charge in [-0.05, 0) is 36.6 Å². The Balaban J connectivity index is 1.58. The molecule has 0 aromatic heterocycles. The third-order valence-electron chi connectivity index (χ3n) is 5.29. The van der Waals surface area contributed by atoms with E-state index in [0.717, 1.165) is 21.8 Å². The van der Waals surface area contributed by atoms with Gasteiger partial charge in [-0.3, -0.25) is 14.5 Å². The lowest BCUT2D eigenvalue weighted by atomic mass is 9.92. The van der Waals surface area contributed by atoms with Crippen molar-refractivity contribution in [2.45, 2.75) is 25.3 Å². The van der Waals surface area contributed by atoms with Gasteiger partial charge in [-0.1, -0.05) is 36.4 Å². The number of amides is 4. The Kier molecular flexibility index (Phi) is 6.79. The van der Waals surface area contributed by atoms with Gasteiger partial charge in [0.1, 0.15) is 23.6 Å². The van der Waals surface area contributed by atoms with Crippen LogP contribution >= 0.6 is 0 Å². The summed E-state index contributed by atoms with van der Waals surface area (Å²) in [5.41, 5.74) is 0.609. The number of hydrogen-bond acceptors (Lipinski definition) is 5. The first-order chi connectivity index (χ1) is 14.9. The smallest absolute Gasteiger partial charge is 0.325 e. The van der Waals surface area contributed by atoms with E-state index >= 15 is 0 Å². The molecule has 31 heavy (non-hydrogen) atoms. The van der Waals surface area contributed by atoms with Crippen molar-refractivity contribution in [1.29, 1.82) is 0 Å². The molecule has 2 N–H and O–H groups in total. The molecular formula is C23H27N3O5. The van der Waals surface area contributed by atoms with E-state index in [1.165, 1.54) is 0 Å². The highest BCUT2D eigenvalue weighted by Gasteiger charge is 2.48. The summed E-state index contributed by atoms with van der Waals surface area (Å²) in [6, 6.07) is 14.3. The first kappa shape index (κ1) is 22.1.